The van der Waals surface area contributed by atoms with Crippen molar-refractivity contribution >= 4 is 17.3 Å². The van der Waals surface area contributed by atoms with Crippen LogP contribution >= 0.6 is 0 Å². The molecule has 0 aliphatic carbocycles. The van der Waals surface area contributed by atoms with E-state index in [-0.39, 0.29) is 0 Å². The van der Waals surface area contributed by atoms with Crippen molar-refractivity contribution in [2.24, 2.45) is 0 Å². The number of nitrogens with one attached hydrogen (secondary N) is 2. The third kappa shape index (κ3) is 5.49. The van der Waals surface area contributed by atoms with Crippen LogP contribution in [0.1, 0.15) is 42.5 Å². The normalized spacial score (nSPS) is 16.0. The van der Waals surface area contributed by atoms with Gasteiger partial charge in [-0.3, -0.25) is 0 Å². The second kappa shape index (κ2) is 9.44. The van der Waals surface area contributed by atoms with Crippen molar-refractivity contribution in [1.29, 1.82) is 5.26 Å². The maximum atomic E-state index is 12.0. The van der Waals surface area contributed by atoms with Crippen molar-refractivity contribution in [2.75, 3.05) is 30.8 Å². The van der Waals surface area contributed by atoms with Gasteiger partial charge >= 0.3 is 5.97 Å². The minimum absolute atomic E-state index is 0.404. The van der Waals surface area contributed by atoms with E-state index < -0.39 is 12.0 Å². The number of benzene rings is 2. The number of aryl methyl sites for hydroxylation is 1. The van der Waals surface area contributed by atoms with E-state index in [2.05, 4.69) is 41.6 Å². The van der Waals surface area contributed by atoms with Crippen molar-refractivity contribution < 1.29 is 9.90 Å². The Labute approximate surface area is 172 Å². The van der Waals surface area contributed by atoms with E-state index in [1.165, 1.54) is 0 Å². The van der Waals surface area contributed by atoms with Crippen LogP contribution in [0, 0.1) is 11.3 Å². The Kier molecular flexibility index (Phi) is 6.73. The molecule has 1 saturated heterocycles. The zero-order valence-corrected chi connectivity index (χ0v) is 17.0. The highest BCUT2D eigenvalue weighted by atomic mass is 16.4. The molecule has 0 aromatic heterocycles. The largest absolute Gasteiger partial charge is 0.479 e. The number of rotatable bonds is 7. The van der Waals surface area contributed by atoms with Gasteiger partial charge in [0.15, 0.2) is 6.04 Å². The number of carbonyl (C=O) groups is 1. The van der Waals surface area contributed by atoms with Gasteiger partial charge in [0.1, 0.15) is 0 Å². The average Bonchev–Trinajstić information content (AvgIpc) is 2.73. The molecule has 2 aromatic rings. The summed E-state index contributed by atoms with van der Waals surface area (Å²) in [6.45, 7) is 4.20. The number of carboxylic acid groups (broad SMARTS) is 1. The number of hydrogen-bond acceptors (Lipinski definition) is 5. The van der Waals surface area contributed by atoms with Crippen LogP contribution < -0.4 is 10.6 Å². The summed E-state index contributed by atoms with van der Waals surface area (Å²) in [6.07, 6.45) is 2.99. The summed E-state index contributed by atoms with van der Waals surface area (Å²) in [4.78, 5) is 14.4. The van der Waals surface area contributed by atoms with Crippen molar-refractivity contribution in [3.8, 4) is 6.07 Å². The second-order valence-electron chi connectivity index (χ2n) is 7.64. The van der Waals surface area contributed by atoms with Crippen LogP contribution in [0.15, 0.2) is 42.5 Å². The van der Waals surface area contributed by atoms with Crippen LogP contribution in [0.25, 0.3) is 0 Å². The summed E-state index contributed by atoms with van der Waals surface area (Å²) in [5, 5.41) is 25.5. The van der Waals surface area contributed by atoms with Crippen molar-refractivity contribution in [3.05, 3.63) is 59.2 Å². The molecule has 1 aliphatic heterocycles. The number of anilines is 2. The summed E-state index contributed by atoms with van der Waals surface area (Å²) in [5.41, 5.74) is 4.01. The van der Waals surface area contributed by atoms with Crippen LogP contribution in [0.3, 0.4) is 0 Å². The number of hydrogen-bond donors (Lipinski definition) is 3. The summed E-state index contributed by atoms with van der Waals surface area (Å²) in [7, 11) is 2.14. The van der Waals surface area contributed by atoms with Crippen LogP contribution in [-0.4, -0.2) is 42.2 Å². The maximum absolute atomic E-state index is 12.0. The van der Waals surface area contributed by atoms with Gasteiger partial charge in [-0.15, -0.1) is 0 Å². The van der Waals surface area contributed by atoms with Gasteiger partial charge in [0, 0.05) is 17.4 Å². The minimum Gasteiger partial charge on any atom is -0.479 e. The minimum atomic E-state index is -0.937. The van der Waals surface area contributed by atoms with Gasteiger partial charge in [0.2, 0.25) is 0 Å². The number of likely N-dealkylation sites (tertiary alicyclic amines) is 1. The molecule has 6 nitrogen and oxygen atoms in total. The first-order valence-electron chi connectivity index (χ1n) is 10.1. The Hall–Kier alpha value is -3.04. The highest BCUT2D eigenvalue weighted by Gasteiger charge is 2.22. The molecule has 1 unspecified atom stereocenters. The molecule has 0 radical (unpaired) electrons. The SMILES string of the molecule is CCc1cc(NC2CCN(C)CC2)cc(C(Nc2ccc(C#N)cc2)C(=O)O)c1. The summed E-state index contributed by atoms with van der Waals surface area (Å²) < 4.78 is 0. The Morgan fingerprint density at radius 3 is 2.48 bits per heavy atom. The fourth-order valence-electron chi connectivity index (χ4n) is 3.66. The van der Waals surface area contributed by atoms with Gasteiger partial charge in [-0.2, -0.15) is 5.26 Å². The predicted octanol–water partition coefficient (Wildman–Crippen LogP) is 3.86. The van der Waals surface area contributed by atoms with E-state index in [1.807, 2.05) is 12.1 Å². The first kappa shape index (κ1) is 20.7. The lowest BCUT2D eigenvalue weighted by Gasteiger charge is -2.30. The van der Waals surface area contributed by atoms with Gasteiger partial charge in [0.25, 0.3) is 0 Å². The highest BCUT2D eigenvalue weighted by molar-refractivity contribution is 5.80. The summed E-state index contributed by atoms with van der Waals surface area (Å²) >= 11 is 0. The van der Waals surface area contributed by atoms with Gasteiger partial charge in [-0.25, -0.2) is 4.79 Å². The van der Waals surface area contributed by atoms with Gasteiger partial charge < -0.3 is 20.6 Å². The van der Waals surface area contributed by atoms with Crippen molar-refractivity contribution in [2.45, 2.75) is 38.3 Å². The first-order chi connectivity index (χ1) is 14.0. The van der Waals surface area contributed by atoms with Crippen LogP contribution in [-0.2, 0) is 11.2 Å². The fourth-order valence-corrected chi connectivity index (χ4v) is 3.66. The van der Waals surface area contributed by atoms with Gasteiger partial charge in [0.05, 0.1) is 11.6 Å². The van der Waals surface area contributed by atoms with E-state index >= 15 is 0 Å². The Bertz CT molecular complexity index is 881. The van der Waals surface area contributed by atoms with Crippen LogP contribution in [0.5, 0.6) is 0 Å². The molecule has 1 atom stereocenters. The van der Waals surface area contributed by atoms with Crippen molar-refractivity contribution in [1.82, 2.24) is 4.90 Å². The second-order valence-corrected chi connectivity index (χ2v) is 7.64. The van der Waals surface area contributed by atoms with E-state index in [9.17, 15) is 9.90 Å². The average molecular weight is 393 g/mol. The molecule has 1 heterocycles. The third-order valence-corrected chi connectivity index (χ3v) is 5.42. The number of carboxylic acids is 1. The molecule has 152 valence electrons. The predicted molar refractivity (Wildman–Crippen MR) is 115 cm³/mol. The van der Waals surface area contributed by atoms with Gasteiger partial charge in [-0.05, 0) is 86.9 Å². The number of piperidine rings is 1. The van der Waals surface area contributed by atoms with Crippen LogP contribution in [0.2, 0.25) is 0 Å². The van der Waals surface area contributed by atoms with Gasteiger partial charge in [-0.1, -0.05) is 13.0 Å². The number of nitriles is 1. The molecule has 3 N–H and O–H groups in total. The lowest BCUT2D eigenvalue weighted by molar-refractivity contribution is -0.138. The first-order valence-corrected chi connectivity index (χ1v) is 10.1. The monoisotopic (exact) mass is 392 g/mol. The molecule has 0 amide bonds. The number of nitrogens with zero attached hydrogens (tertiary/aromatic N) is 2. The van der Waals surface area contributed by atoms with E-state index in [1.54, 1.807) is 24.3 Å². The van der Waals surface area contributed by atoms with E-state index in [0.717, 1.165) is 49.2 Å². The molecular formula is C23H28N4O2. The summed E-state index contributed by atoms with van der Waals surface area (Å²) in [6, 6.07) is 14.4. The summed E-state index contributed by atoms with van der Waals surface area (Å²) in [5.74, 6) is -0.937. The smallest absolute Gasteiger partial charge is 0.330 e. The molecule has 3 rings (SSSR count). The molecule has 29 heavy (non-hydrogen) atoms. The zero-order chi connectivity index (χ0) is 20.8. The maximum Gasteiger partial charge on any atom is 0.330 e. The molecule has 0 bridgehead atoms. The number of aliphatic carboxylic acids is 1. The highest BCUT2D eigenvalue weighted by Crippen LogP contribution is 2.26. The fraction of sp³-hybridized carbons (Fsp3) is 0.391. The molecule has 1 aliphatic rings. The lowest BCUT2D eigenvalue weighted by Crippen LogP contribution is -2.36. The Morgan fingerprint density at radius 2 is 1.90 bits per heavy atom. The lowest BCUT2D eigenvalue weighted by atomic mass is 9.99. The molecular weight excluding hydrogens is 364 g/mol. The zero-order valence-electron chi connectivity index (χ0n) is 17.0. The van der Waals surface area contributed by atoms with E-state index in [0.29, 0.717) is 17.3 Å². The molecule has 2 aromatic carbocycles. The quantitative estimate of drug-likeness (QED) is 0.663. The van der Waals surface area contributed by atoms with Crippen molar-refractivity contribution in [3.63, 3.8) is 0 Å². The van der Waals surface area contributed by atoms with E-state index in [4.69, 9.17) is 5.26 Å². The molecule has 1 fully saturated rings. The third-order valence-electron chi connectivity index (χ3n) is 5.42. The Balaban J connectivity index is 1.83. The topological polar surface area (TPSA) is 88.4 Å². The standard InChI is InChI=1S/C23H28N4O2/c1-3-16-12-18(14-21(13-16)25-20-8-10-27(2)11-9-20)22(23(28)29)26-19-6-4-17(15-24)5-7-19/h4-7,12-14,20,22,25-26H,3,8-11H2,1-2H3,(H,28,29). The molecule has 0 saturated carbocycles. The molecule has 6 heteroatoms. The molecule has 0 spiro atoms. The Morgan fingerprint density at radius 1 is 1.21 bits per heavy atom. The van der Waals surface area contributed by atoms with Crippen LogP contribution in [0.4, 0.5) is 11.4 Å².